The van der Waals surface area contributed by atoms with Crippen molar-refractivity contribution in [3.63, 3.8) is 0 Å². The summed E-state index contributed by atoms with van der Waals surface area (Å²) in [6.45, 7) is 5.27. The Morgan fingerprint density at radius 3 is 2.91 bits per heavy atom. The predicted octanol–water partition coefficient (Wildman–Crippen LogP) is 3.42. The standard InChI is InChI=1S/C24H25N5O3/c1-16-5-3-6-18(11-16)28-24-20-12-19(8-9-21(20)25-15-26-24)27-22(30)7-4-10-29-13-17(2)32-23(31)14-29/h3-9,11-12,15,17H,10,13-14H2,1-2H3,(H,27,30)(H,25,26,28)/t17-/m1/s1. The van der Waals surface area contributed by atoms with Gasteiger partial charge in [0.05, 0.1) is 12.1 Å². The Labute approximate surface area is 186 Å². The third kappa shape index (κ3) is 5.47. The van der Waals surface area contributed by atoms with E-state index in [9.17, 15) is 9.59 Å². The zero-order valence-electron chi connectivity index (χ0n) is 18.0. The monoisotopic (exact) mass is 431 g/mol. The fourth-order valence-electron chi connectivity index (χ4n) is 3.64. The van der Waals surface area contributed by atoms with Gasteiger partial charge in [0, 0.05) is 35.9 Å². The van der Waals surface area contributed by atoms with E-state index < -0.39 is 0 Å². The summed E-state index contributed by atoms with van der Waals surface area (Å²) in [6.07, 6.45) is 4.59. The molecular formula is C24H25N5O3. The molecule has 164 valence electrons. The van der Waals surface area contributed by atoms with Crippen LogP contribution in [0.15, 0.2) is 60.9 Å². The van der Waals surface area contributed by atoms with Gasteiger partial charge in [-0.1, -0.05) is 18.2 Å². The summed E-state index contributed by atoms with van der Waals surface area (Å²) in [5.74, 6) is 0.176. The van der Waals surface area contributed by atoms with E-state index in [0.717, 1.165) is 22.2 Å². The largest absolute Gasteiger partial charge is 0.460 e. The van der Waals surface area contributed by atoms with Gasteiger partial charge in [0.2, 0.25) is 5.91 Å². The second-order valence-electron chi connectivity index (χ2n) is 7.83. The first kappa shape index (κ1) is 21.5. The highest BCUT2D eigenvalue weighted by atomic mass is 16.5. The molecule has 0 bridgehead atoms. The molecule has 1 amide bonds. The molecule has 32 heavy (non-hydrogen) atoms. The quantitative estimate of drug-likeness (QED) is 0.456. The van der Waals surface area contributed by atoms with Crippen molar-refractivity contribution < 1.29 is 14.3 Å². The molecule has 1 atom stereocenters. The van der Waals surface area contributed by atoms with E-state index in [1.807, 2.05) is 55.1 Å². The van der Waals surface area contributed by atoms with Gasteiger partial charge in [0.1, 0.15) is 18.2 Å². The third-order valence-electron chi connectivity index (χ3n) is 5.02. The topological polar surface area (TPSA) is 96.5 Å². The molecule has 8 nitrogen and oxygen atoms in total. The summed E-state index contributed by atoms with van der Waals surface area (Å²) in [4.78, 5) is 34.5. The fourth-order valence-corrected chi connectivity index (χ4v) is 3.64. The highest BCUT2D eigenvalue weighted by molar-refractivity contribution is 6.01. The van der Waals surface area contributed by atoms with Crippen molar-refractivity contribution in [3.8, 4) is 0 Å². The van der Waals surface area contributed by atoms with E-state index in [-0.39, 0.29) is 24.5 Å². The summed E-state index contributed by atoms with van der Waals surface area (Å²) < 4.78 is 5.11. The highest BCUT2D eigenvalue weighted by Gasteiger charge is 2.22. The van der Waals surface area contributed by atoms with Crippen LogP contribution < -0.4 is 10.6 Å². The van der Waals surface area contributed by atoms with Crippen molar-refractivity contribution in [2.75, 3.05) is 30.3 Å². The van der Waals surface area contributed by atoms with Gasteiger partial charge in [0.25, 0.3) is 0 Å². The number of esters is 1. The number of cyclic esters (lactones) is 1. The molecule has 3 aromatic rings. The number of fused-ring (bicyclic) bond motifs is 1. The molecule has 8 heteroatoms. The van der Waals surface area contributed by atoms with E-state index in [1.54, 1.807) is 12.1 Å². The first-order valence-electron chi connectivity index (χ1n) is 10.4. The van der Waals surface area contributed by atoms with Crippen molar-refractivity contribution in [1.29, 1.82) is 0 Å². The second-order valence-corrected chi connectivity index (χ2v) is 7.83. The van der Waals surface area contributed by atoms with Crippen LogP contribution in [0.5, 0.6) is 0 Å². The molecule has 2 aromatic carbocycles. The predicted molar refractivity (Wildman–Crippen MR) is 124 cm³/mol. The molecule has 0 spiro atoms. The number of benzene rings is 2. The Kier molecular flexibility index (Phi) is 6.42. The lowest BCUT2D eigenvalue weighted by Crippen LogP contribution is -2.44. The van der Waals surface area contributed by atoms with Gasteiger partial charge < -0.3 is 15.4 Å². The molecule has 0 aliphatic carbocycles. The van der Waals surface area contributed by atoms with Crippen LogP contribution in [-0.2, 0) is 14.3 Å². The number of amides is 1. The highest BCUT2D eigenvalue weighted by Crippen LogP contribution is 2.26. The van der Waals surface area contributed by atoms with E-state index in [2.05, 4.69) is 20.6 Å². The van der Waals surface area contributed by atoms with Crippen molar-refractivity contribution >= 4 is 40.0 Å². The van der Waals surface area contributed by atoms with Crippen LogP contribution in [-0.4, -0.2) is 52.5 Å². The van der Waals surface area contributed by atoms with E-state index in [0.29, 0.717) is 24.6 Å². The first-order chi connectivity index (χ1) is 15.5. The minimum atomic E-state index is -0.248. The molecule has 1 fully saturated rings. The van der Waals surface area contributed by atoms with Gasteiger partial charge in [-0.05, 0) is 49.7 Å². The average Bonchev–Trinajstić information content (AvgIpc) is 2.73. The number of aryl methyl sites for hydroxylation is 1. The summed E-state index contributed by atoms with van der Waals surface area (Å²) in [5, 5.41) is 7.00. The fraction of sp³-hybridized carbons (Fsp3) is 0.250. The lowest BCUT2D eigenvalue weighted by atomic mass is 10.2. The molecule has 0 radical (unpaired) electrons. The maximum atomic E-state index is 12.4. The molecule has 0 saturated carbocycles. The minimum absolute atomic E-state index is 0.138. The van der Waals surface area contributed by atoms with E-state index in [1.165, 1.54) is 12.4 Å². The molecule has 1 aliphatic heterocycles. The van der Waals surface area contributed by atoms with Crippen LogP contribution >= 0.6 is 0 Å². The van der Waals surface area contributed by atoms with Crippen LogP contribution in [0.1, 0.15) is 12.5 Å². The number of hydrogen-bond donors (Lipinski definition) is 2. The Balaban J connectivity index is 1.44. The maximum Gasteiger partial charge on any atom is 0.320 e. The average molecular weight is 431 g/mol. The molecule has 4 rings (SSSR count). The maximum absolute atomic E-state index is 12.4. The lowest BCUT2D eigenvalue weighted by Gasteiger charge is -2.29. The van der Waals surface area contributed by atoms with Gasteiger partial charge in [-0.25, -0.2) is 9.97 Å². The van der Waals surface area contributed by atoms with Gasteiger partial charge >= 0.3 is 5.97 Å². The van der Waals surface area contributed by atoms with Crippen molar-refractivity contribution in [1.82, 2.24) is 14.9 Å². The lowest BCUT2D eigenvalue weighted by molar-refractivity contribution is -0.156. The number of nitrogens with one attached hydrogen (secondary N) is 2. The van der Waals surface area contributed by atoms with Crippen LogP contribution in [0.25, 0.3) is 10.9 Å². The van der Waals surface area contributed by atoms with Crippen molar-refractivity contribution in [2.24, 2.45) is 0 Å². The number of ether oxygens (including phenoxy) is 1. The van der Waals surface area contributed by atoms with Gasteiger partial charge in [-0.15, -0.1) is 0 Å². The summed E-state index contributed by atoms with van der Waals surface area (Å²) >= 11 is 0. The number of carbonyl (C=O) groups is 2. The minimum Gasteiger partial charge on any atom is -0.460 e. The molecule has 0 unspecified atom stereocenters. The number of aromatic nitrogens is 2. The first-order valence-corrected chi connectivity index (χ1v) is 10.4. The van der Waals surface area contributed by atoms with Gasteiger partial charge in [-0.3, -0.25) is 14.5 Å². The number of anilines is 3. The molecular weight excluding hydrogens is 406 g/mol. The SMILES string of the molecule is Cc1cccc(Nc2ncnc3ccc(NC(=O)C=CCN4CC(=O)O[C@H](C)C4)cc23)c1. The number of rotatable bonds is 6. The van der Waals surface area contributed by atoms with E-state index >= 15 is 0 Å². The normalized spacial score (nSPS) is 16.8. The number of morpholine rings is 1. The van der Waals surface area contributed by atoms with Crippen LogP contribution in [0.4, 0.5) is 17.2 Å². The number of carbonyl (C=O) groups excluding carboxylic acids is 2. The Bertz CT molecular complexity index is 1180. The Hall–Kier alpha value is -3.78. The molecule has 1 aromatic heterocycles. The third-order valence-corrected chi connectivity index (χ3v) is 5.02. The van der Waals surface area contributed by atoms with Crippen LogP contribution in [0.2, 0.25) is 0 Å². The Morgan fingerprint density at radius 1 is 1.22 bits per heavy atom. The Morgan fingerprint density at radius 2 is 2.09 bits per heavy atom. The van der Waals surface area contributed by atoms with Gasteiger partial charge in [0.15, 0.2) is 0 Å². The molecule has 1 aliphatic rings. The van der Waals surface area contributed by atoms with E-state index in [4.69, 9.17) is 4.74 Å². The van der Waals surface area contributed by atoms with Crippen LogP contribution in [0.3, 0.4) is 0 Å². The summed E-state index contributed by atoms with van der Waals surface area (Å²) in [7, 11) is 0. The number of nitrogens with zero attached hydrogens (tertiary/aromatic N) is 3. The molecule has 2 N–H and O–H groups in total. The van der Waals surface area contributed by atoms with Crippen molar-refractivity contribution in [2.45, 2.75) is 20.0 Å². The smallest absolute Gasteiger partial charge is 0.320 e. The van der Waals surface area contributed by atoms with Gasteiger partial charge in [-0.2, -0.15) is 0 Å². The van der Waals surface area contributed by atoms with Crippen molar-refractivity contribution in [3.05, 3.63) is 66.5 Å². The molecule has 2 heterocycles. The zero-order chi connectivity index (χ0) is 22.5. The second kappa shape index (κ2) is 9.57. The zero-order valence-corrected chi connectivity index (χ0v) is 18.0. The number of hydrogen-bond acceptors (Lipinski definition) is 7. The molecule has 1 saturated heterocycles. The summed E-state index contributed by atoms with van der Waals surface area (Å²) in [5.41, 5.74) is 3.49. The van der Waals surface area contributed by atoms with Crippen LogP contribution in [0, 0.1) is 6.92 Å². The summed E-state index contributed by atoms with van der Waals surface area (Å²) in [6, 6.07) is 13.5.